The van der Waals surface area contributed by atoms with Gasteiger partial charge in [0.1, 0.15) is 6.04 Å². The van der Waals surface area contributed by atoms with Gasteiger partial charge in [0.05, 0.1) is 6.54 Å². The van der Waals surface area contributed by atoms with E-state index in [-0.39, 0.29) is 36.3 Å². The van der Waals surface area contributed by atoms with Crippen molar-refractivity contribution in [3.8, 4) is 0 Å². The zero-order valence-electron chi connectivity index (χ0n) is 9.60. The number of carbonyl (C=O) groups excluding carboxylic acids is 2. The van der Waals surface area contributed by atoms with E-state index in [9.17, 15) is 9.59 Å². The molecule has 8 heteroatoms. The van der Waals surface area contributed by atoms with Crippen LogP contribution in [-0.4, -0.2) is 41.1 Å². The van der Waals surface area contributed by atoms with Crippen molar-refractivity contribution in [2.24, 2.45) is 0 Å². The van der Waals surface area contributed by atoms with Crippen molar-refractivity contribution in [3.63, 3.8) is 0 Å². The molecule has 1 saturated heterocycles. The monoisotopic (exact) mass is 251 g/mol. The quantitative estimate of drug-likeness (QED) is 0.617. The molecule has 1 aliphatic heterocycles. The Hall–Kier alpha value is -1.96. The summed E-state index contributed by atoms with van der Waals surface area (Å²) < 4.78 is 5.03. The second kappa shape index (κ2) is 4.37. The molecule has 0 aromatic carbocycles. The normalized spacial score (nSPS) is 23.6. The third kappa shape index (κ3) is 2.33. The van der Waals surface area contributed by atoms with Gasteiger partial charge in [-0.1, -0.05) is 5.16 Å². The average Bonchev–Trinajstić information content (AvgIpc) is 3.04. The summed E-state index contributed by atoms with van der Waals surface area (Å²) in [5.74, 6) is -0.0312. The number of piperazine rings is 1. The SMILES string of the molecule is O=C1CNC(c2nc(C(=O)NC3CC3)no2)CN1. The summed E-state index contributed by atoms with van der Waals surface area (Å²) in [6.07, 6.45) is 2.01. The van der Waals surface area contributed by atoms with Crippen molar-refractivity contribution in [3.05, 3.63) is 11.7 Å². The second-order valence-corrected chi connectivity index (χ2v) is 4.44. The van der Waals surface area contributed by atoms with Gasteiger partial charge in [-0.05, 0) is 12.8 Å². The molecule has 2 heterocycles. The van der Waals surface area contributed by atoms with Gasteiger partial charge in [0.15, 0.2) is 0 Å². The lowest BCUT2D eigenvalue weighted by molar-refractivity contribution is -0.121. The second-order valence-electron chi connectivity index (χ2n) is 4.44. The number of amides is 2. The van der Waals surface area contributed by atoms with Gasteiger partial charge < -0.3 is 15.2 Å². The Kier molecular flexibility index (Phi) is 2.71. The van der Waals surface area contributed by atoms with E-state index < -0.39 is 0 Å². The molecule has 3 N–H and O–H groups in total. The first-order valence-electron chi connectivity index (χ1n) is 5.87. The molecule has 2 amide bonds. The standard InChI is InChI=1S/C10H13N5O3/c16-7-4-11-6(3-12-7)10-14-8(15-18-10)9(17)13-5-1-2-5/h5-6,11H,1-4H2,(H,12,16)(H,13,17). The van der Waals surface area contributed by atoms with Crippen LogP contribution in [-0.2, 0) is 4.79 Å². The Morgan fingerprint density at radius 3 is 2.94 bits per heavy atom. The lowest BCUT2D eigenvalue weighted by atomic mass is 10.2. The maximum Gasteiger partial charge on any atom is 0.292 e. The zero-order valence-corrected chi connectivity index (χ0v) is 9.60. The van der Waals surface area contributed by atoms with Gasteiger partial charge in [-0.15, -0.1) is 0 Å². The minimum atomic E-state index is -0.313. The van der Waals surface area contributed by atoms with Gasteiger partial charge in [-0.3, -0.25) is 14.9 Å². The van der Waals surface area contributed by atoms with Crippen molar-refractivity contribution in [2.75, 3.05) is 13.1 Å². The third-order valence-electron chi connectivity index (χ3n) is 2.87. The summed E-state index contributed by atoms with van der Waals surface area (Å²) in [7, 11) is 0. The fraction of sp³-hybridized carbons (Fsp3) is 0.600. The molecule has 0 bridgehead atoms. The van der Waals surface area contributed by atoms with Gasteiger partial charge in [0, 0.05) is 12.6 Å². The number of rotatable bonds is 3. The predicted octanol–water partition coefficient (Wildman–Crippen LogP) is -1.28. The fourth-order valence-electron chi connectivity index (χ4n) is 1.69. The smallest absolute Gasteiger partial charge is 0.292 e. The molecule has 2 fully saturated rings. The molecular weight excluding hydrogens is 238 g/mol. The topological polar surface area (TPSA) is 109 Å². The molecule has 0 spiro atoms. The maximum atomic E-state index is 11.7. The molecule has 96 valence electrons. The van der Waals surface area contributed by atoms with Gasteiger partial charge >= 0.3 is 0 Å². The minimum Gasteiger partial charge on any atom is -0.353 e. The first-order chi connectivity index (χ1) is 8.72. The van der Waals surface area contributed by atoms with Crippen LogP contribution in [0.15, 0.2) is 4.52 Å². The number of carbonyl (C=O) groups is 2. The highest BCUT2D eigenvalue weighted by atomic mass is 16.5. The van der Waals surface area contributed by atoms with Crippen molar-refractivity contribution in [1.82, 2.24) is 26.1 Å². The molecule has 1 saturated carbocycles. The Morgan fingerprint density at radius 2 is 2.28 bits per heavy atom. The van der Waals surface area contributed by atoms with Crippen LogP contribution in [0.2, 0.25) is 0 Å². The molecule has 18 heavy (non-hydrogen) atoms. The van der Waals surface area contributed by atoms with E-state index in [1.54, 1.807) is 0 Å². The van der Waals surface area contributed by atoms with Crippen molar-refractivity contribution >= 4 is 11.8 Å². The largest absolute Gasteiger partial charge is 0.353 e. The Morgan fingerprint density at radius 1 is 1.44 bits per heavy atom. The number of nitrogens with zero attached hydrogens (tertiary/aromatic N) is 2. The molecule has 1 aromatic heterocycles. The van der Waals surface area contributed by atoms with E-state index in [2.05, 4.69) is 26.1 Å². The third-order valence-corrected chi connectivity index (χ3v) is 2.87. The van der Waals surface area contributed by atoms with E-state index >= 15 is 0 Å². The first-order valence-corrected chi connectivity index (χ1v) is 5.87. The molecule has 1 unspecified atom stereocenters. The van der Waals surface area contributed by atoms with Crippen LogP contribution in [0.4, 0.5) is 0 Å². The van der Waals surface area contributed by atoms with Crippen LogP contribution < -0.4 is 16.0 Å². The molecule has 0 radical (unpaired) electrons. The molecular formula is C10H13N5O3. The highest BCUT2D eigenvalue weighted by molar-refractivity contribution is 5.90. The molecule has 8 nitrogen and oxygen atoms in total. The van der Waals surface area contributed by atoms with Crippen LogP contribution in [0.1, 0.15) is 35.4 Å². The summed E-state index contributed by atoms with van der Waals surface area (Å²) in [6, 6.07) is 0.0178. The summed E-state index contributed by atoms with van der Waals surface area (Å²) in [5, 5.41) is 12.1. The summed E-state index contributed by atoms with van der Waals surface area (Å²) in [6.45, 7) is 0.585. The minimum absolute atomic E-state index is 0.0376. The zero-order chi connectivity index (χ0) is 12.5. The van der Waals surface area contributed by atoms with Gasteiger partial charge in [-0.2, -0.15) is 4.98 Å². The van der Waals surface area contributed by atoms with Gasteiger partial charge in [0.25, 0.3) is 11.7 Å². The lowest BCUT2D eigenvalue weighted by Gasteiger charge is -2.20. The van der Waals surface area contributed by atoms with Crippen molar-refractivity contribution in [2.45, 2.75) is 24.9 Å². The summed E-state index contributed by atoms with van der Waals surface area (Å²) in [5.41, 5.74) is 0. The Labute approximate surface area is 102 Å². The van der Waals surface area contributed by atoms with E-state index in [1.165, 1.54) is 0 Å². The fourth-order valence-corrected chi connectivity index (χ4v) is 1.69. The molecule has 1 atom stereocenters. The maximum absolute atomic E-state index is 11.7. The van der Waals surface area contributed by atoms with E-state index in [1.807, 2.05) is 0 Å². The lowest BCUT2D eigenvalue weighted by Crippen LogP contribution is -2.47. The van der Waals surface area contributed by atoms with Gasteiger partial charge in [0.2, 0.25) is 11.8 Å². The van der Waals surface area contributed by atoms with E-state index in [0.29, 0.717) is 12.4 Å². The number of nitrogens with one attached hydrogen (secondary N) is 3. The number of hydrogen-bond donors (Lipinski definition) is 3. The number of aromatic nitrogens is 2. The molecule has 1 aliphatic carbocycles. The summed E-state index contributed by atoms with van der Waals surface area (Å²) >= 11 is 0. The van der Waals surface area contributed by atoms with Crippen LogP contribution in [0.25, 0.3) is 0 Å². The predicted molar refractivity (Wildman–Crippen MR) is 58.5 cm³/mol. The highest BCUT2D eigenvalue weighted by Crippen LogP contribution is 2.19. The van der Waals surface area contributed by atoms with Crippen LogP contribution in [0, 0.1) is 0 Å². The van der Waals surface area contributed by atoms with Crippen LogP contribution in [0.3, 0.4) is 0 Å². The summed E-state index contributed by atoms with van der Waals surface area (Å²) in [4.78, 5) is 26.7. The number of hydrogen-bond acceptors (Lipinski definition) is 6. The Bertz CT molecular complexity index is 472. The average molecular weight is 251 g/mol. The molecule has 2 aliphatic rings. The highest BCUT2D eigenvalue weighted by Gasteiger charge is 2.28. The van der Waals surface area contributed by atoms with Gasteiger partial charge in [-0.25, -0.2) is 0 Å². The van der Waals surface area contributed by atoms with Crippen molar-refractivity contribution < 1.29 is 14.1 Å². The van der Waals surface area contributed by atoms with Crippen LogP contribution >= 0.6 is 0 Å². The van der Waals surface area contributed by atoms with E-state index in [4.69, 9.17) is 4.52 Å². The Balaban J connectivity index is 1.64. The molecule has 3 rings (SSSR count). The molecule has 1 aromatic rings. The van der Waals surface area contributed by atoms with E-state index in [0.717, 1.165) is 12.8 Å². The first kappa shape index (κ1) is 11.1. The van der Waals surface area contributed by atoms with Crippen LogP contribution in [0.5, 0.6) is 0 Å². The van der Waals surface area contributed by atoms with Crippen molar-refractivity contribution in [1.29, 1.82) is 0 Å².